The fourth-order valence-electron chi connectivity index (χ4n) is 4.18. The molecule has 0 radical (unpaired) electrons. The monoisotopic (exact) mass is 448 g/mol. The van der Waals surface area contributed by atoms with Gasteiger partial charge in [0, 0.05) is 5.56 Å². The lowest BCUT2D eigenvalue weighted by Gasteiger charge is -2.16. The van der Waals surface area contributed by atoms with Crippen molar-refractivity contribution in [3.8, 4) is 17.0 Å². The SMILES string of the molecule is Cc1ccc(F)c(-c2ncc(COc3cccc([C@@H](CC(=O)O)C4CC4)c3)nc2C(C)C)c1. The Morgan fingerprint density at radius 3 is 2.70 bits per heavy atom. The van der Waals surface area contributed by atoms with Gasteiger partial charge in [0.05, 0.1) is 29.7 Å². The zero-order chi connectivity index (χ0) is 23.5. The van der Waals surface area contributed by atoms with E-state index in [0.29, 0.717) is 28.6 Å². The van der Waals surface area contributed by atoms with E-state index in [1.54, 1.807) is 18.3 Å². The minimum Gasteiger partial charge on any atom is -0.487 e. The van der Waals surface area contributed by atoms with Gasteiger partial charge in [-0.1, -0.05) is 37.6 Å². The number of hydrogen-bond acceptors (Lipinski definition) is 4. The maximum atomic E-state index is 14.5. The molecular weight excluding hydrogens is 419 g/mol. The molecule has 0 aliphatic heterocycles. The highest BCUT2D eigenvalue weighted by Gasteiger charge is 2.33. The second-order valence-corrected chi connectivity index (χ2v) is 9.14. The Labute approximate surface area is 193 Å². The van der Waals surface area contributed by atoms with Crippen LogP contribution in [0.5, 0.6) is 5.75 Å². The molecule has 1 saturated carbocycles. The van der Waals surface area contributed by atoms with E-state index in [2.05, 4.69) is 4.98 Å². The molecule has 1 atom stereocenters. The first-order valence-corrected chi connectivity index (χ1v) is 11.4. The summed E-state index contributed by atoms with van der Waals surface area (Å²) >= 11 is 0. The van der Waals surface area contributed by atoms with E-state index in [9.17, 15) is 14.3 Å². The number of carboxylic acid groups (broad SMARTS) is 1. The van der Waals surface area contributed by atoms with Gasteiger partial charge in [-0.2, -0.15) is 0 Å². The average molecular weight is 449 g/mol. The van der Waals surface area contributed by atoms with Gasteiger partial charge in [0.2, 0.25) is 0 Å². The van der Waals surface area contributed by atoms with Crippen LogP contribution in [0.25, 0.3) is 11.3 Å². The van der Waals surface area contributed by atoms with Gasteiger partial charge in [-0.25, -0.2) is 4.39 Å². The fraction of sp³-hybridized carbons (Fsp3) is 0.370. The third-order valence-corrected chi connectivity index (χ3v) is 6.03. The molecule has 33 heavy (non-hydrogen) atoms. The van der Waals surface area contributed by atoms with Crippen molar-refractivity contribution in [2.75, 3.05) is 0 Å². The summed E-state index contributed by atoms with van der Waals surface area (Å²) < 4.78 is 20.5. The van der Waals surface area contributed by atoms with Gasteiger partial charge >= 0.3 is 5.97 Å². The Balaban J connectivity index is 1.54. The molecule has 0 saturated heterocycles. The highest BCUT2D eigenvalue weighted by molar-refractivity contribution is 5.68. The molecule has 3 aromatic rings. The molecule has 0 bridgehead atoms. The number of aromatic nitrogens is 2. The van der Waals surface area contributed by atoms with Crippen LogP contribution < -0.4 is 4.74 Å². The van der Waals surface area contributed by atoms with E-state index < -0.39 is 5.97 Å². The quantitative estimate of drug-likeness (QED) is 0.418. The number of carboxylic acids is 1. The van der Waals surface area contributed by atoms with Crippen molar-refractivity contribution in [1.29, 1.82) is 0 Å². The van der Waals surface area contributed by atoms with Crippen LogP contribution in [0.3, 0.4) is 0 Å². The Kier molecular flexibility index (Phi) is 6.72. The van der Waals surface area contributed by atoms with Gasteiger partial charge in [-0.15, -0.1) is 0 Å². The summed E-state index contributed by atoms with van der Waals surface area (Å²) in [7, 11) is 0. The fourth-order valence-corrected chi connectivity index (χ4v) is 4.18. The molecule has 5 nitrogen and oxygen atoms in total. The number of hydrogen-bond donors (Lipinski definition) is 1. The lowest BCUT2D eigenvalue weighted by molar-refractivity contribution is -0.137. The molecule has 172 valence electrons. The predicted molar refractivity (Wildman–Crippen MR) is 125 cm³/mol. The van der Waals surface area contributed by atoms with Gasteiger partial charge in [-0.3, -0.25) is 14.8 Å². The van der Waals surface area contributed by atoms with Crippen LogP contribution in [0, 0.1) is 18.7 Å². The number of ether oxygens (including phenoxy) is 1. The maximum absolute atomic E-state index is 14.5. The van der Waals surface area contributed by atoms with Gasteiger partial charge in [-0.05, 0) is 67.3 Å². The molecule has 2 aromatic carbocycles. The first-order chi connectivity index (χ1) is 15.8. The van der Waals surface area contributed by atoms with Crippen molar-refractivity contribution < 1.29 is 19.0 Å². The van der Waals surface area contributed by atoms with Crippen LogP contribution in [0.15, 0.2) is 48.7 Å². The lowest BCUT2D eigenvalue weighted by atomic mass is 9.91. The average Bonchev–Trinajstić information content (AvgIpc) is 3.63. The molecular formula is C27H29FN2O3. The number of benzene rings is 2. The first kappa shape index (κ1) is 22.9. The molecule has 1 aliphatic carbocycles. The highest BCUT2D eigenvalue weighted by Crippen LogP contribution is 2.45. The Hall–Kier alpha value is -3.28. The van der Waals surface area contributed by atoms with Crippen molar-refractivity contribution in [2.45, 2.75) is 58.5 Å². The Morgan fingerprint density at radius 2 is 2.00 bits per heavy atom. The van der Waals surface area contributed by atoms with Crippen LogP contribution in [0.1, 0.15) is 67.5 Å². The van der Waals surface area contributed by atoms with E-state index in [1.165, 1.54) is 6.07 Å². The molecule has 0 amide bonds. The Bertz CT molecular complexity index is 1160. The number of carbonyl (C=O) groups is 1. The van der Waals surface area contributed by atoms with Crippen LogP contribution in [-0.4, -0.2) is 21.0 Å². The molecule has 4 rings (SSSR count). The second kappa shape index (κ2) is 9.69. The van der Waals surface area contributed by atoms with Crippen molar-refractivity contribution >= 4 is 5.97 Å². The minimum atomic E-state index is -0.778. The standard InChI is InChI=1S/C27H29FN2O3/c1-16(2)26-27(23-11-17(3)7-10-24(23)28)29-14-20(30-26)15-33-21-6-4-5-19(12-21)22(13-25(31)32)18-8-9-18/h4-7,10-12,14,16,18,22H,8-9,13,15H2,1-3H3,(H,31,32)/t22-/m0/s1. The number of nitrogens with zero attached hydrogens (tertiary/aromatic N) is 2. The molecule has 1 aliphatic rings. The Morgan fingerprint density at radius 1 is 1.21 bits per heavy atom. The first-order valence-electron chi connectivity index (χ1n) is 11.4. The van der Waals surface area contributed by atoms with Crippen molar-refractivity contribution in [2.24, 2.45) is 5.92 Å². The number of aryl methyl sites for hydroxylation is 1. The van der Waals surface area contributed by atoms with E-state index in [-0.39, 0.29) is 30.7 Å². The summed E-state index contributed by atoms with van der Waals surface area (Å²) in [5.74, 6) is 0.0903. The number of aliphatic carboxylic acids is 1. The molecule has 1 N–H and O–H groups in total. The van der Waals surface area contributed by atoms with E-state index in [1.807, 2.05) is 45.0 Å². The van der Waals surface area contributed by atoms with Crippen molar-refractivity contribution in [3.63, 3.8) is 0 Å². The van der Waals surface area contributed by atoms with Crippen molar-refractivity contribution in [1.82, 2.24) is 9.97 Å². The molecule has 1 aromatic heterocycles. The minimum absolute atomic E-state index is 0.0156. The number of halogens is 1. The largest absolute Gasteiger partial charge is 0.487 e. The lowest BCUT2D eigenvalue weighted by Crippen LogP contribution is -2.09. The normalized spacial score (nSPS) is 14.3. The molecule has 6 heteroatoms. The second-order valence-electron chi connectivity index (χ2n) is 9.14. The number of rotatable bonds is 9. The van der Waals surface area contributed by atoms with E-state index >= 15 is 0 Å². The zero-order valence-corrected chi connectivity index (χ0v) is 19.2. The molecule has 0 unspecified atom stereocenters. The van der Waals surface area contributed by atoms with Crippen LogP contribution in [0.4, 0.5) is 4.39 Å². The summed E-state index contributed by atoms with van der Waals surface area (Å²) in [5.41, 5.74) is 4.35. The van der Waals surface area contributed by atoms with Gasteiger partial charge in [0.1, 0.15) is 18.2 Å². The van der Waals surface area contributed by atoms with E-state index in [0.717, 1.165) is 29.7 Å². The third kappa shape index (κ3) is 5.56. The summed E-state index contributed by atoms with van der Waals surface area (Å²) in [5, 5.41) is 9.28. The van der Waals surface area contributed by atoms with Crippen LogP contribution >= 0.6 is 0 Å². The van der Waals surface area contributed by atoms with Crippen molar-refractivity contribution in [3.05, 3.63) is 77.0 Å². The summed E-state index contributed by atoms with van der Waals surface area (Å²) in [6.45, 7) is 6.16. The molecule has 0 spiro atoms. The van der Waals surface area contributed by atoms with Gasteiger partial charge in [0.25, 0.3) is 0 Å². The smallest absolute Gasteiger partial charge is 0.303 e. The van der Waals surface area contributed by atoms with E-state index in [4.69, 9.17) is 9.72 Å². The van der Waals surface area contributed by atoms with Gasteiger partial charge in [0.15, 0.2) is 0 Å². The molecule has 1 fully saturated rings. The topological polar surface area (TPSA) is 72.3 Å². The maximum Gasteiger partial charge on any atom is 0.303 e. The third-order valence-electron chi connectivity index (χ3n) is 6.03. The highest BCUT2D eigenvalue weighted by atomic mass is 19.1. The van der Waals surface area contributed by atoms with Crippen LogP contribution in [-0.2, 0) is 11.4 Å². The summed E-state index contributed by atoms with van der Waals surface area (Å²) in [6, 6.07) is 12.7. The summed E-state index contributed by atoms with van der Waals surface area (Å²) in [4.78, 5) is 20.6. The van der Waals surface area contributed by atoms with Crippen LogP contribution in [0.2, 0.25) is 0 Å². The zero-order valence-electron chi connectivity index (χ0n) is 19.2. The summed E-state index contributed by atoms with van der Waals surface area (Å²) in [6.07, 6.45) is 3.91. The van der Waals surface area contributed by atoms with Gasteiger partial charge < -0.3 is 9.84 Å². The predicted octanol–water partition coefficient (Wildman–Crippen LogP) is 6.26. The molecule has 1 heterocycles.